The molecule has 0 unspecified atom stereocenters. The normalized spacial score (nSPS) is 12.3. The molecule has 1 aromatic rings. The minimum Gasteiger partial charge on any atom is -0.309 e. The molecule has 0 aliphatic carbocycles. The molecule has 0 radical (unpaired) electrons. The molecule has 0 aromatic heterocycles. The molecule has 0 fully saturated rings. The number of nitro groups is 1. The van der Waals surface area contributed by atoms with Crippen LogP contribution in [0.2, 0.25) is 0 Å². The van der Waals surface area contributed by atoms with E-state index in [9.17, 15) is 32.1 Å². The minimum atomic E-state index is -5.73. The number of halogens is 5. The molecule has 0 saturated carbocycles. The van der Waals surface area contributed by atoms with Crippen molar-refractivity contribution < 1.29 is 26.9 Å². The van der Waals surface area contributed by atoms with Gasteiger partial charge in [0.05, 0.1) is 4.92 Å². The third kappa shape index (κ3) is 2.49. The van der Waals surface area contributed by atoms with Crippen LogP contribution in [0.5, 0.6) is 0 Å². The van der Waals surface area contributed by atoms with Gasteiger partial charge in [-0.15, -0.1) is 0 Å². The molecular formula is C9H7F5N2O2. The molecule has 0 N–H and O–H groups in total. The average molecular weight is 270 g/mol. The highest BCUT2D eigenvalue weighted by Gasteiger charge is 2.61. The Morgan fingerprint density at radius 1 is 1.11 bits per heavy atom. The predicted octanol–water partition coefficient (Wildman–Crippen LogP) is 3.19. The molecule has 0 aliphatic heterocycles. The van der Waals surface area contributed by atoms with Crippen molar-refractivity contribution in [3.05, 3.63) is 34.4 Å². The van der Waals surface area contributed by atoms with E-state index in [1.54, 1.807) is 0 Å². The van der Waals surface area contributed by atoms with Gasteiger partial charge in [0.15, 0.2) is 0 Å². The smallest absolute Gasteiger partial charge is 0.309 e. The maximum atomic E-state index is 12.9. The van der Waals surface area contributed by atoms with Crippen molar-refractivity contribution in [2.45, 2.75) is 12.2 Å². The summed E-state index contributed by atoms with van der Waals surface area (Å²) in [7, 11) is 0.550. The summed E-state index contributed by atoms with van der Waals surface area (Å²) in [5.41, 5.74) is -0.884. The van der Waals surface area contributed by atoms with Gasteiger partial charge in [0.2, 0.25) is 0 Å². The number of nitro benzene ring substituents is 1. The van der Waals surface area contributed by atoms with Crippen LogP contribution in [-0.2, 0) is 0 Å². The molecule has 0 heterocycles. The number of hydrogen-bond acceptors (Lipinski definition) is 3. The van der Waals surface area contributed by atoms with Crippen LogP contribution in [0.4, 0.5) is 33.3 Å². The lowest BCUT2D eigenvalue weighted by molar-refractivity contribution is -0.384. The second-order valence-electron chi connectivity index (χ2n) is 3.37. The quantitative estimate of drug-likeness (QED) is 0.367. The number of hydrogen-bond donors (Lipinski definition) is 0. The van der Waals surface area contributed by atoms with Crippen LogP contribution < -0.4 is 4.90 Å². The molecule has 4 nitrogen and oxygen atoms in total. The van der Waals surface area contributed by atoms with Gasteiger partial charge in [0.1, 0.15) is 0 Å². The third-order valence-corrected chi connectivity index (χ3v) is 2.21. The van der Waals surface area contributed by atoms with E-state index >= 15 is 0 Å². The summed E-state index contributed by atoms with van der Waals surface area (Å²) in [6, 6.07) is -1.73. The molecule has 100 valence electrons. The SMILES string of the molecule is CN(c1ccc([N+](=O)[O-])cc1)C(F)(F)C(F)(F)F. The first-order chi connectivity index (χ1) is 8.07. The van der Waals surface area contributed by atoms with Crippen LogP contribution in [0.3, 0.4) is 0 Å². The first-order valence-electron chi connectivity index (χ1n) is 4.50. The molecule has 18 heavy (non-hydrogen) atoms. The topological polar surface area (TPSA) is 46.4 Å². The summed E-state index contributed by atoms with van der Waals surface area (Å²) < 4.78 is 62.1. The molecule has 0 atom stereocenters. The number of benzene rings is 1. The first kappa shape index (κ1) is 14.1. The largest absolute Gasteiger partial charge is 0.475 e. The molecule has 9 heteroatoms. The van der Waals surface area contributed by atoms with Crippen LogP contribution in [0.1, 0.15) is 0 Å². The number of non-ortho nitro benzene ring substituents is 1. The van der Waals surface area contributed by atoms with Crippen molar-refractivity contribution in [1.82, 2.24) is 0 Å². The zero-order chi connectivity index (χ0) is 14.1. The van der Waals surface area contributed by atoms with Crippen molar-refractivity contribution in [3.63, 3.8) is 0 Å². The fourth-order valence-electron chi connectivity index (χ4n) is 1.15. The highest BCUT2D eigenvalue weighted by atomic mass is 19.4. The Kier molecular flexibility index (Phi) is 3.45. The van der Waals surface area contributed by atoms with E-state index in [4.69, 9.17) is 0 Å². The molecule has 1 rings (SSSR count). The molecule has 0 bridgehead atoms. The Bertz CT molecular complexity index is 443. The molecule has 1 aromatic carbocycles. The number of rotatable bonds is 3. The van der Waals surface area contributed by atoms with Gasteiger partial charge in [-0.1, -0.05) is 0 Å². The summed E-state index contributed by atoms with van der Waals surface area (Å²) in [5, 5.41) is 10.3. The average Bonchev–Trinajstić information content (AvgIpc) is 2.26. The molecule has 0 saturated heterocycles. The fourth-order valence-corrected chi connectivity index (χ4v) is 1.15. The Morgan fingerprint density at radius 3 is 1.89 bits per heavy atom. The summed E-state index contributed by atoms with van der Waals surface area (Å²) in [6.45, 7) is 0. The first-order valence-corrected chi connectivity index (χ1v) is 4.50. The van der Waals surface area contributed by atoms with Gasteiger partial charge in [-0.25, -0.2) is 0 Å². The van der Waals surface area contributed by atoms with Crippen molar-refractivity contribution in [2.75, 3.05) is 11.9 Å². The van der Waals surface area contributed by atoms with E-state index in [1.807, 2.05) is 0 Å². The third-order valence-electron chi connectivity index (χ3n) is 2.21. The van der Waals surface area contributed by atoms with Crippen molar-refractivity contribution in [3.8, 4) is 0 Å². The number of nitrogens with zero attached hydrogens (tertiary/aromatic N) is 2. The molecular weight excluding hydrogens is 263 g/mol. The predicted molar refractivity (Wildman–Crippen MR) is 52.5 cm³/mol. The van der Waals surface area contributed by atoms with Gasteiger partial charge in [0.25, 0.3) is 5.69 Å². The maximum absolute atomic E-state index is 12.9. The lowest BCUT2D eigenvalue weighted by Gasteiger charge is -2.30. The van der Waals surface area contributed by atoms with E-state index in [2.05, 4.69) is 0 Å². The number of anilines is 1. The zero-order valence-corrected chi connectivity index (χ0v) is 8.91. The lowest BCUT2D eigenvalue weighted by Crippen LogP contribution is -2.50. The summed E-state index contributed by atoms with van der Waals surface area (Å²) >= 11 is 0. The lowest BCUT2D eigenvalue weighted by atomic mass is 10.2. The van der Waals surface area contributed by atoms with Crippen molar-refractivity contribution >= 4 is 11.4 Å². The van der Waals surface area contributed by atoms with Crippen LogP contribution in [0.25, 0.3) is 0 Å². The van der Waals surface area contributed by atoms with Gasteiger partial charge in [-0.3, -0.25) is 10.1 Å². The van der Waals surface area contributed by atoms with Gasteiger partial charge in [-0.2, -0.15) is 22.0 Å². The van der Waals surface area contributed by atoms with E-state index in [-0.39, 0.29) is 4.90 Å². The van der Waals surface area contributed by atoms with Gasteiger partial charge in [0, 0.05) is 24.9 Å². The van der Waals surface area contributed by atoms with Crippen LogP contribution in [0.15, 0.2) is 24.3 Å². The Hall–Kier alpha value is -1.93. The maximum Gasteiger partial charge on any atom is 0.475 e. The second kappa shape index (κ2) is 4.39. The van der Waals surface area contributed by atoms with Gasteiger partial charge in [-0.05, 0) is 12.1 Å². The van der Waals surface area contributed by atoms with Crippen LogP contribution in [-0.4, -0.2) is 24.2 Å². The Labute approximate surface area is 97.8 Å². The monoisotopic (exact) mass is 270 g/mol. The fraction of sp³-hybridized carbons (Fsp3) is 0.333. The van der Waals surface area contributed by atoms with Crippen molar-refractivity contribution in [2.24, 2.45) is 0 Å². The van der Waals surface area contributed by atoms with Gasteiger partial charge < -0.3 is 4.90 Å². The van der Waals surface area contributed by atoms with Crippen LogP contribution >= 0.6 is 0 Å². The van der Waals surface area contributed by atoms with Crippen molar-refractivity contribution in [1.29, 1.82) is 0 Å². The van der Waals surface area contributed by atoms with Crippen LogP contribution in [0, 0.1) is 10.1 Å². The Morgan fingerprint density at radius 2 is 1.56 bits per heavy atom. The molecule has 0 aliphatic rings. The summed E-state index contributed by atoms with van der Waals surface area (Å²) in [5.74, 6) is 0. The summed E-state index contributed by atoms with van der Waals surface area (Å²) in [4.78, 5) is 9.22. The number of alkyl halides is 5. The molecule has 0 amide bonds. The standard InChI is InChI=1S/C9H7F5N2O2/c1-15(9(13,14)8(10,11)12)6-2-4-7(5-3-6)16(17)18/h2-5H,1H3. The highest BCUT2D eigenvalue weighted by Crippen LogP contribution is 2.39. The summed E-state index contributed by atoms with van der Waals surface area (Å²) in [6.07, 6.45) is -5.73. The Balaban J connectivity index is 3.04. The van der Waals surface area contributed by atoms with Gasteiger partial charge >= 0.3 is 12.2 Å². The van der Waals surface area contributed by atoms with E-state index in [0.29, 0.717) is 7.05 Å². The van der Waals surface area contributed by atoms with E-state index in [1.165, 1.54) is 0 Å². The molecule has 0 spiro atoms. The highest BCUT2D eigenvalue weighted by molar-refractivity contribution is 5.51. The zero-order valence-electron chi connectivity index (χ0n) is 8.91. The minimum absolute atomic E-state index is 0.295. The van der Waals surface area contributed by atoms with E-state index < -0.39 is 28.5 Å². The second-order valence-corrected chi connectivity index (χ2v) is 3.37. The van der Waals surface area contributed by atoms with E-state index in [0.717, 1.165) is 24.3 Å².